The Labute approximate surface area is 190 Å². The molecule has 1 aromatic carbocycles. The monoisotopic (exact) mass is 434 g/mol. The van der Waals surface area contributed by atoms with Crippen molar-refractivity contribution in [2.75, 3.05) is 37.3 Å². The normalized spacial score (nSPS) is 18.5. The van der Waals surface area contributed by atoms with Crippen LogP contribution in [0.5, 0.6) is 0 Å². The minimum Gasteiger partial charge on any atom is -0.370 e. The summed E-state index contributed by atoms with van der Waals surface area (Å²) >= 11 is 0. The zero-order valence-electron chi connectivity index (χ0n) is 19.0. The number of carbonyl (C=O) groups excluding carboxylic acids is 1. The first-order chi connectivity index (χ1) is 15.7. The Balaban J connectivity index is 1.19. The summed E-state index contributed by atoms with van der Waals surface area (Å²) < 4.78 is 0. The van der Waals surface area contributed by atoms with Crippen molar-refractivity contribution >= 4 is 23.4 Å². The second kappa shape index (κ2) is 9.45. The van der Waals surface area contributed by atoms with E-state index in [1.54, 1.807) is 0 Å². The topological polar surface area (TPSA) is 82.2 Å². The smallest absolute Gasteiger partial charge is 0.229 e. The summed E-state index contributed by atoms with van der Waals surface area (Å²) in [5.41, 5.74) is 5.05. The van der Waals surface area contributed by atoms with Crippen molar-refractivity contribution in [2.24, 2.45) is 5.92 Å². The van der Waals surface area contributed by atoms with E-state index < -0.39 is 0 Å². The second-order valence-corrected chi connectivity index (χ2v) is 9.57. The van der Waals surface area contributed by atoms with Crippen LogP contribution in [0.25, 0.3) is 0 Å². The number of benzene rings is 1. The first kappa shape index (κ1) is 21.2. The molecule has 1 aromatic heterocycles. The van der Waals surface area contributed by atoms with E-state index in [-0.39, 0.29) is 11.8 Å². The average molecular weight is 435 g/mol. The van der Waals surface area contributed by atoms with Crippen molar-refractivity contribution in [3.05, 3.63) is 41.1 Å². The quantitative estimate of drug-likeness (QED) is 0.521. The number of amides is 1. The lowest BCUT2D eigenvalue weighted by Crippen LogP contribution is -2.35. The maximum absolute atomic E-state index is 12.0. The summed E-state index contributed by atoms with van der Waals surface area (Å²) in [6, 6.07) is 6.57. The molecule has 0 bridgehead atoms. The Kier molecular flexibility index (Phi) is 6.26. The number of fused-ring (bicyclic) bond motifs is 1. The molecule has 170 valence electrons. The van der Waals surface area contributed by atoms with E-state index in [1.807, 2.05) is 6.20 Å². The van der Waals surface area contributed by atoms with Crippen LogP contribution in [0.4, 0.5) is 17.5 Å². The number of anilines is 3. The van der Waals surface area contributed by atoms with Crippen LogP contribution in [0.2, 0.25) is 0 Å². The molecule has 0 radical (unpaired) electrons. The highest BCUT2D eigenvalue weighted by atomic mass is 16.1. The van der Waals surface area contributed by atoms with Crippen LogP contribution in [0.1, 0.15) is 61.1 Å². The Hall–Kier alpha value is -2.67. The summed E-state index contributed by atoms with van der Waals surface area (Å²) in [5.74, 6) is 2.60. The molecule has 2 saturated carbocycles. The lowest BCUT2D eigenvalue weighted by molar-refractivity contribution is -0.127. The van der Waals surface area contributed by atoms with Gasteiger partial charge in [-0.05, 0) is 74.8 Å². The number of nitrogens with one attached hydrogen (secondary N) is 3. The molecule has 2 fully saturated rings. The maximum Gasteiger partial charge on any atom is 0.229 e. The van der Waals surface area contributed by atoms with E-state index in [0.29, 0.717) is 18.4 Å². The van der Waals surface area contributed by atoms with Gasteiger partial charge in [-0.15, -0.1) is 0 Å². The van der Waals surface area contributed by atoms with Crippen LogP contribution in [-0.2, 0) is 17.8 Å². The van der Waals surface area contributed by atoms with Gasteiger partial charge >= 0.3 is 0 Å². The maximum atomic E-state index is 12.0. The molecule has 1 amide bonds. The Morgan fingerprint density at radius 1 is 1.16 bits per heavy atom. The van der Waals surface area contributed by atoms with Gasteiger partial charge in [0.05, 0.1) is 0 Å². The largest absolute Gasteiger partial charge is 0.370 e. The molecule has 7 nitrogen and oxygen atoms in total. The van der Waals surface area contributed by atoms with Gasteiger partial charge in [-0.3, -0.25) is 4.79 Å². The number of hydrogen-bond donors (Lipinski definition) is 3. The summed E-state index contributed by atoms with van der Waals surface area (Å²) in [6.07, 6.45) is 9.66. The van der Waals surface area contributed by atoms with Gasteiger partial charge in [0.25, 0.3) is 0 Å². The summed E-state index contributed by atoms with van der Waals surface area (Å²) in [5, 5.41) is 9.96. The molecular formula is C25H34N6O. The van der Waals surface area contributed by atoms with Gasteiger partial charge in [0.15, 0.2) is 0 Å². The van der Waals surface area contributed by atoms with E-state index in [4.69, 9.17) is 4.98 Å². The molecule has 2 aliphatic carbocycles. The Bertz CT molecular complexity index is 969. The minimum atomic E-state index is 0.222. The fourth-order valence-corrected chi connectivity index (χ4v) is 4.51. The zero-order chi connectivity index (χ0) is 21.9. The molecular weight excluding hydrogens is 400 g/mol. The lowest BCUT2D eigenvalue weighted by Gasteiger charge is -2.25. The fourth-order valence-electron chi connectivity index (χ4n) is 4.51. The predicted octanol–water partition coefficient (Wildman–Crippen LogP) is 3.80. The first-order valence-corrected chi connectivity index (χ1v) is 12.1. The third-order valence-electron chi connectivity index (χ3n) is 6.92. The highest BCUT2D eigenvalue weighted by Crippen LogP contribution is 2.42. The molecule has 32 heavy (non-hydrogen) atoms. The SMILES string of the molecule is CN1CCc2ccc(Nc3ncc(C4CC4)c(NCCCNC(=O)C4CCC4)n3)cc2C1. The highest BCUT2D eigenvalue weighted by molar-refractivity contribution is 5.79. The van der Waals surface area contributed by atoms with Gasteiger partial charge in [0.1, 0.15) is 5.82 Å². The van der Waals surface area contributed by atoms with Gasteiger partial charge in [0.2, 0.25) is 11.9 Å². The van der Waals surface area contributed by atoms with Gasteiger partial charge in [-0.1, -0.05) is 12.5 Å². The molecule has 1 aliphatic heterocycles. The van der Waals surface area contributed by atoms with Crippen molar-refractivity contribution in [1.82, 2.24) is 20.2 Å². The Morgan fingerprint density at radius 2 is 2.03 bits per heavy atom. The first-order valence-electron chi connectivity index (χ1n) is 12.1. The van der Waals surface area contributed by atoms with E-state index in [0.717, 1.165) is 56.8 Å². The van der Waals surface area contributed by atoms with Crippen LogP contribution >= 0.6 is 0 Å². The van der Waals surface area contributed by atoms with E-state index in [2.05, 4.69) is 51.1 Å². The number of carbonyl (C=O) groups is 1. The number of hydrogen-bond acceptors (Lipinski definition) is 6. The van der Waals surface area contributed by atoms with Crippen molar-refractivity contribution < 1.29 is 4.79 Å². The van der Waals surface area contributed by atoms with Crippen LogP contribution in [0.3, 0.4) is 0 Å². The minimum absolute atomic E-state index is 0.222. The van der Waals surface area contributed by atoms with Crippen molar-refractivity contribution in [3.8, 4) is 0 Å². The third kappa shape index (κ3) is 5.04. The molecule has 2 heterocycles. The van der Waals surface area contributed by atoms with Crippen molar-refractivity contribution in [3.63, 3.8) is 0 Å². The molecule has 0 unspecified atom stereocenters. The van der Waals surface area contributed by atoms with Gasteiger partial charge in [-0.25, -0.2) is 4.98 Å². The van der Waals surface area contributed by atoms with E-state index in [9.17, 15) is 4.79 Å². The predicted molar refractivity (Wildman–Crippen MR) is 127 cm³/mol. The molecule has 3 aliphatic rings. The van der Waals surface area contributed by atoms with Crippen LogP contribution in [0.15, 0.2) is 24.4 Å². The number of aromatic nitrogens is 2. The van der Waals surface area contributed by atoms with Crippen LogP contribution in [-0.4, -0.2) is 47.5 Å². The molecule has 0 spiro atoms. The molecule has 7 heteroatoms. The zero-order valence-corrected chi connectivity index (χ0v) is 19.0. The number of likely N-dealkylation sites (N-methyl/N-ethyl adjacent to an activating group) is 1. The third-order valence-corrected chi connectivity index (χ3v) is 6.92. The molecule has 0 atom stereocenters. The van der Waals surface area contributed by atoms with Gasteiger partial charge in [0, 0.05) is 49.5 Å². The second-order valence-electron chi connectivity index (χ2n) is 9.57. The number of rotatable bonds is 9. The lowest BCUT2D eigenvalue weighted by atomic mass is 9.85. The van der Waals surface area contributed by atoms with Gasteiger partial charge in [-0.2, -0.15) is 4.98 Å². The summed E-state index contributed by atoms with van der Waals surface area (Å²) in [4.78, 5) is 23.7. The standard InChI is InChI=1S/C25H34N6O/c1-31-13-10-17-8-9-21(14-20(17)16-31)29-25-28-15-22(18-6-7-18)23(30-25)26-11-3-12-27-24(32)19-4-2-5-19/h8-9,14-15,18-19H,2-7,10-13,16H2,1H3,(H,27,32)(H2,26,28,29,30). The molecule has 0 saturated heterocycles. The van der Waals surface area contributed by atoms with Crippen molar-refractivity contribution in [2.45, 2.75) is 57.4 Å². The summed E-state index contributed by atoms with van der Waals surface area (Å²) in [6.45, 7) is 3.59. The summed E-state index contributed by atoms with van der Waals surface area (Å²) in [7, 11) is 2.17. The van der Waals surface area contributed by atoms with E-state index in [1.165, 1.54) is 36.0 Å². The Morgan fingerprint density at radius 3 is 2.81 bits per heavy atom. The highest BCUT2D eigenvalue weighted by Gasteiger charge is 2.28. The average Bonchev–Trinajstić information content (AvgIpc) is 3.57. The fraction of sp³-hybridized carbons (Fsp3) is 0.560. The van der Waals surface area contributed by atoms with E-state index >= 15 is 0 Å². The number of nitrogens with zero attached hydrogens (tertiary/aromatic N) is 3. The van der Waals surface area contributed by atoms with Crippen LogP contribution in [0, 0.1) is 5.92 Å². The van der Waals surface area contributed by atoms with Crippen molar-refractivity contribution in [1.29, 1.82) is 0 Å². The van der Waals surface area contributed by atoms with Gasteiger partial charge < -0.3 is 20.9 Å². The molecule has 3 N–H and O–H groups in total. The molecule has 2 aromatic rings. The molecule has 5 rings (SSSR count). The van der Waals surface area contributed by atoms with Crippen LogP contribution < -0.4 is 16.0 Å².